The lowest BCUT2D eigenvalue weighted by Gasteiger charge is -2.16. The van der Waals surface area contributed by atoms with Crippen molar-refractivity contribution >= 4 is 28.9 Å². The summed E-state index contributed by atoms with van der Waals surface area (Å²) < 4.78 is 1.37. The van der Waals surface area contributed by atoms with E-state index < -0.39 is 0 Å². The van der Waals surface area contributed by atoms with E-state index in [1.807, 2.05) is 20.8 Å². The molecule has 0 atom stereocenters. The smallest absolute Gasteiger partial charge is 0.294 e. The van der Waals surface area contributed by atoms with Crippen molar-refractivity contribution in [3.05, 3.63) is 44.3 Å². The summed E-state index contributed by atoms with van der Waals surface area (Å²) in [7, 11) is 0. The molecule has 3 N–H and O–H groups in total. The van der Waals surface area contributed by atoms with Crippen LogP contribution in [0.3, 0.4) is 0 Å². The van der Waals surface area contributed by atoms with Crippen molar-refractivity contribution in [1.29, 1.82) is 0 Å². The standard InChI is InChI=1S/C13H15Cl2N3O/c1-13(2,3)11-10(16)12(19)18(17-11)7-4-5-8(14)9(15)6-7/h4-6,17H,16H2,1-3H3. The molecular weight excluding hydrogens is 285 g/mol. The van der Waals surface area contributed by atoms with Crippen LogP contribution in [0.2, 0.25) is 10.0 Å². The van der Waals surface area contributed by atoms with Crippen molar-refractivity contribution in [3.8, 4) is 5.69 Å². The Morgan fingerprint density at radius 3 is 2.32 bits per heavy atom. The minimum Gasteiger partial charge on any atom is -0.393 e. The molecule has 0 aliphatic rings. The maximum atomic E-state index is 12.2. The number of anilines is 1. The first-order valence-electron chi connectivity index (χ1n) is 5.78. The van der Waals surface area contributed by atoms with Crippen LogP contribution in [0.1, 0.15) is 26.5 Å². The van der Waals surface area contributed by atoms with Gasteiger partial charge in [0.15, 0.2) is 0 Å². The fourth-order valence-electron chi connectivity index (χ4n) is 1.83. The molecule has 0 amide bonds. The Bertz CT molecular complexity index is 680. The number of nitrogen functional groups attached to an aromatic ring is 1. The van der Waals surface area contributed by atoms with E-state index >= 15 is 0 Å². The van der Waals surface area contributed by atoms with Crippen molar-refractivity contribution < 1.29 is 0 Å². The minimum absolute atomic E-state index is 0.221. The predicted octanol–water partition coefficient (Wildman–Crippen LogP) is 3.35. The minimum atomic E-state index is -0.289. The van der Waals surface area contributed by atoms with E-state index in [1.165, 1.54) is 4.68 Å². The van der Waals surface area contributed by atoms with E-state index in [0.29, 0.717) is 21.4 Å². The monoisotopic (exact) mass is 299 g/mol. The third-order valence-electron chi connectivity index (χ3n) is 2.84. The van der Waals surface area contributed by atoms with Crippen LogP contribution in [-0.2, 0) is 5.41 Å². The van der Waals surface area contributed by atoms with Crippen LogP contribution in [0.5, 0.6) is 0 Å². The first kappa shape index (κ1) is 14.0. The molecule has 1 aromatic carbocycles. The molecule has 1 aromatic heterocycles. The first-order chi connectivity index (χ1) is 8.71. The largest absolute Gasteiger partial charge is 0.393 e. The Hall–Kier alpha value is -1.39. The number of aromatic amines is 1. The zero-order valence-corrected chi connectivity index (χ0v) is 12.4. The van der Waals surface area contributed by atoms with Crippen molar-refractivity contribution in [3.63, 3.8) is 0 Å². The second-order valence-electron chi connectivity index (χ2n) is 5.39. The molecule has 0 aliphatic heterocycles. The lowest BCUT2D eigenvalue weighted by molar-refractivity contribution is 0.562. The van der Waals surface area contributed by atoms with Crippen LogP contribution in [0.4, 0.5) is 5.69 Å². The van der Waals surface area contributed by atoms with Crippen LogP contribution >= 0.6 is 23.2 Å². The highest BCUT2D eigenvalue weighted by Gasteiger charge is 2.23. The molecule has 0 unspecified atom stereocenters. The SMILES string of the molecule is CC(C)(C)c1[nH]n(-c2ccc(Cl)c(Cl)c2)c(=O)c1N. The van der Waals surface area contributed by atoms with Gasteiger partial charge in [-0.25, -0.2) is 4.68 Å². The van der Waals surface area contributed by atoms with Gasteiger partial charge in [-0.05, 0) is 18.2 Å². The average molecular weight is 300 g/mol. The van der Waals surface area contributed by atoms with E-state index in [0.717, 1.165) is 0 Å². The Labute approximate surface area is 121 Å². The van der Waals surface area contributed by atoms with Crippen molar-refractivity contribution in [2.45, 2.75) is 26.2 Å². The molecule has 0 bridgehead atoms. The molecule has 0 spiro atoms. The zero-order chi connectivity index (χ0) is 14.4. The summed E-state index contributed by atoms with van der Waals surface area (Å²) in [5.74, 6) is 0. The lowest BCUT2D eigenvalue weighted by atomic mass is 9.91. The van der Waals surface area contributed by atoms with Gasteiger partial charge in [0, 0.05) is 5.41 Å². The van der Waals surface area contributed by atoms with Gasteiger partial charge in [-0.3, -0.25) is 9.89 Å². The van der Waals surface area contributed by atoms with Gasteiger partial charge >= 0.3 is 0 Å². The molecule has 102 valence electrons. The number of hydrogen-bond donors (Lipinski definition) is 2. The Morgan fingerprint density at radius 2 is 1.84 bits per heavy atom. The van der Waals surface area contributed by atoms with Gasteiger partial charge < -0.3 is 5.73 Å². The van der Waals surface area contributed by atoms with Gasteiger partial charge in [-0.1, -0.05) is 44.0 Å². The van der Waals surface area contributed by atoms with E-state index in [9.17, 15) is 4.79 Å². The predicted molar refractivity (Wildman–Crippen MR) is 79.5 cm³/mol. The molecule has 1 heterocycles. The second kappa shape index (κ2) is 4.62. The summed E-state index contributed by atoms with van der Waals surface area (Å²) >= 11 is 11.8. The van der Waals surface area contributed by atoms with Crippen molar-refractivity contribution in [1.82, 2.24) is 9.78 Å². The van der Waals surface area contributed by atoms with Crippen molar-refractivity contribution in [2.24, 2.45) is 0 Å². The van der Waals surface area contributed by atoms with E-state index in [-0.39, 0.29) is 16.7 Å². The highest BCUT2D eigenvalue weighted by Crippen LogP contribution is 2.26. The number of aromatic nitrogens is 2. The number of benzene rings is 1. The highest BCUT2D eigenvalue weighted by molar-refractivity contribution is 6.42. The molecule has 0 radical (unpaired) electrons. The van der Waals surface area contributed by atoms with Gasteiger partial charge in [-0.15, -0.1) is 0 Å². The fraction of sp³-hybridized carbons (Fsp3) is 0.308. The van der Waals surface area contributed by atoms with E-state index in [2.05, 4.69) is 5.10 Å². The normalized spacial score (nSPS) is 11.8. The molecule has 4 nitrogen and oxygen atoms in total. The number of rotatable bonds is 1. The molecule has 2 aromatic rings. The first-order valence-corrected chi connectivity index (χ1v) is 6.54. The summed E-state index contributed by atoms with van der Waals surface area (Å²) in [5.41, 5.74) is 6.85. The van der Waals surface area contributed by atoms with E-state index in [4.69, 9.17) is 28.9 Å². The van der Waals surface area contributed by atoms with Gasteiger partial charge in [0.1, 0.15) is 5.69 Å². The van der Waals surface area contributed by atoms with Gasteiger partial charge in [0.2, 0.25) is 0 Å². The Kier molecular flexibility index (Phi) is 3.41. The quantitative estimate of drug-likeness (QED) is 0.848. The van der Waals surface area contributed by atoms with E-state index in [1.54, 1.807) is 18.2 Å². The van der Waals surface area contributed by atoms with Crippen molar-refractivity contribution in [2.75, 3.05) is 5.73 Å². The zero-order valence-electron chi connectivity index (χ0n) is 10.9. The summed E-state index contributed by atoms with van der Waals surface area (Å²) in [6, 6.07) is 4.96. The highest BCUT2D eigenvalue weighted by atomic mass is 35.5. The molecule has 19 heavy (non-hydrogen) atoms. The van der Waals surface area contributed by atoms with Crippen LogP contribution in [0.25, 0.3) is 5.69 Å². The third kappa shape index (κ3) is 2.51. The number of nitrogens with one attached hydrogen (secondary N) is 1. The summed E-state index contributed by atoms with van der Waals surface area (Å²) in [4.78, 5) is 12.2. The number of H-pyrrole nitrogens is 1. The molecule has 2 rings (SSSR count). The van der Waals surface area contributed by atoms with Gasteiger partial charge in [0.05, 0.1) is 21.4 Å². The maximum Gasteiger partial charge on any atom is 0.294 e. The summed E-state index contributed by atoms with van der Waals surface area (Å²) in [6.07, 6.45) is 0. The molecule has 0 saturated heterocycles. The van der Waals surface area contributed by atoms with Gasteiger partial charge in [-0.2, -0.15) is 0 Å². The topological polar surface area (TPSA) is 63.8 Å². The summed E-state index contributed by atoms with van der Waals surface area (Å²) in [5, 5.41) is 3.85. The molecule has 0 fully saturated rings. The van der Waals surface area contributed by atoms with Crippen LogP contribution in [0.15, 0.2) is 23.0 Å². The fourth-order valence-corrected chi connectivity index (χ4v) is 2.12. The number of nitrogens with two attached hydrogens (primary N) is 1. The molecule has 0 aliphatic carbocycles. The second-order valence-corrected chi connectivity index (χ2v) is 6.20. The van der Waals surface area contributed by atoms with Crippen LogP contribution in [0, 0.1) is 0 Å². The maximum absolute atomic E-state index is 12.2. The average Bonchev–Trinajstić information content (AvgIpc) is 2.60. The third-order valence-corrected chi connectivity index (χ3v) is 3.58. The van der Waals surface area contributed by atoms with Gasteiger partial charge in [0.25, 0.3) is 5.56 Å². The lowest BCUT2D eigenvalue weighted by Crippen LogP contribution is -2.17. The molecular formula is C13H15Cl2N3O. The Morgan fingerprint density at radius 1 is 1.21 bits per heavy atom. The number of nitrogens with zero attached hydrogens (tertiary/aromatic N) is 1. The van der Waals surface area contributed by atoms with Crippen LogP contribution < -0.4 is 11.3 Å². The Balaban J connectivity index is 2.64. The number of hydrogen-bond acceptors (Lipinski definition) is 2. The summed E-state index contributed by atoms with van der Waals surface area (Å²) in [6.45, 7) is 5.94. The van der Waals surface area contributed by atoms with Crippen LogP contribution in [-0.4, -0.2) is 9.78 Å². The number of halogens is 2. The molecule has 6 heteroatoms. The molecule has 0 saturated carbocycles.